The monoisotopic (exact) mass is 297 g/mol. The smallest absolute Gasteiger partial charge is 0.329 e. The molecule has 1 amide bonds. The number of hydrogen-bond acceptors (Lipinski definition) is 2. The number of aryl methyl sites for hydroxylation is 1. The summed E-state index contributed by atoms with van der Waals surface area (Å²) in [4.78, 5) is 24.9. The minimum absolute atomic E-state index is 0.0773. The lowest BCUT2D eigenvalue weighted by Crippen LogP contribution is -2.50. The van der Waals surface area contributed by atoms with E-state index in [0.717, 1.165) is 12.1 Å². The van der Waals surface area contributed by atoms with Crippen molar-refractivity contribution in [2.75, 3.05) is 6.54 Å². The maximum atomic E-state index is 13.1. The minimum atomic E-state index is -1.16. The molecule has 0 spiro atoms. The summed E-state index contributed by atoms with van der Waals surface area (Å²) in [6, 6.07) is 3.50. The molecular formula is C15H17F2NO3. The van der Waals surface area contributed by atoms with Crippen LogP contribution < -0.4 is 0 Å². The van der Waals surface area contributed by atoms with Crippen LogP contribution in [0.1, 0.15) is 31.7 Å². The first-order chi connectivity index (χ1) is 9.84. The molecule has 1 heterocycles. The van der Waals surface area contributed by atoms with E-state index in [1.165, 1.54) is 17.9 Å². The number of benzene rings is 1. The predicted octanol–water partition coefficient (Wildman–Crippen LogP) is 2.36. The van der Waals surface area contributed by atoms with Crippen LogP contribution in [0, 0.1) is 11.6 Å². The van der Waals surface area contributed by atoms with E-state index in [1.807, 2.05) is 0 Å². The normalized spacial score (nSPS) is 21.6. The van der Waals surface area contributed by atoms with Gasteiger partial charge in [0.15, 0.2) is 11.6 Å². The molecule has 1 aliphatic heterocycles. The number of aliphatic carboxylic acids is 1. The van der Waals surface area contributed by atoms with Crippen LogP contribution >= 0.6 is 0 Å². The Balaban J connectivity index is 2.01. The summed E-state index contributed by atoms with van der Waals surface area (Å²) in [6.45, 7) is 1.96. The van der Waals surface area contributed by atoms with Gasteiger partial charge in [0, 0.05) is 13.0 Å². The van der Waals surface area contributed by atoms with Gasteiger partial charge in [-0.05, 0) is 43.9 Å². The topological polar surface area (TPSA) is 57.6 Å². The largest absolute Gasteiger partial charge is 0.480 e. The Morgan fingerprint density at radius 2 is 2.05 bits per heavy atom. The lowest BCUT2D eigenvalue weighted by Gasteiger charge is -2.31. The second-order valence-electron chi connectivity index (χ2n) is 5.48. The van der Waals surface area contributed by atoms with Crippen LogP contribution in [-0.4, -0.2) is 34.0 Å². The molecule has 0 radical (unpaired) electrons. The highest BCUT2D eigenvalue weighted by Gasteiger charge is 2.45. The second-order valence-corrected chi connectivity index (χ2v) is 5.48. The molecule has 1 aliphatic rings. The van der Waals surface area contributed by atoms with Gasteiger partial charge in [-0.1, -0.05) is 6.07 Å². The van der Waals surface area contributed by atoms with Crippen molar-refractivity contribution in [2.45, 2.75) is 38.1 Å². The molecule has 0 saturated carbocycles. The van der Waals surface area contributed by atoms with Crippen molar-refractivity contribution in [1.29, 1.82) is 0 Å². The zero-order valence-electron chi connectivity index (χ0n) is 11.7. The number of carbonyl (C=O) groups excluding carboxylic acids is 1. The van der Waals surface area contributed by atoms with Gasteiger partial charge in [0.25, 0.3) is 0 Å². The SMILES string of the molecule is CC1(C(=O)O)CCCN1C(=O)CCc1ccc(F)c(F)c1. The van der Waals surface area contributed by atoms with Gasteiger partial charge in [0.05, 0.1) is 0 Å². The summed E-state index contributed by atoms with van der Waals surface area (Å²) in [5.74, 6) is -3.16. The lowest BCUT2D eigenvalue weighted by molar-refractivity contribution is -0.155. The zero-order valence-corrected chi connectivity index (χ0v) is 11.7. The van der Waals surface area contributed by atoms with Crippen molar-refractivity contribution in [3.05, 3.63) is 35.4 Å². The first-order valence-corrected chi connectivity index (χ1v) is 6.82. The maximum absolute atomic E-state index is 13.1. The quantitative estimate of drug-likeness (QED) is 0.928. The van der Waals surface area contributed by atoms with Gasteiger partial charge in [-0.15, -0.1) is 0 Å². The standard InChI is InChI=1S/C15H17F2NO3/c1-15(14(20)21)7-2-8-18(15)13(19)6-4-10-3-5-11(16)12(17)9-10/h3,5,9H,2,4,6-8H2,1H3,(H,20,21). The molecule has 4 nitrogen and oxygen atoms in total. The van der Waals surface area contributed by atoms with Gasteiger partial charge in [-0.2, -0.15) is 0 Å². The minimum Gasteiger partial charge on any atom is -0.480 e. The molecule has 1 fully saturated rings. The molecule has 0 aliphatic carbocycles. The van der Waals surface area contributed by atoms with Crippen molar-refractivity contribution < 1.29 is 23.5 Å². The maximum Gasteiger partial charge on any atom is 0.329 e. The van der Waals surface area contributed by atoms with Crippen LogP contribution in [0.3, 0.4) is 0 Å². The molecule has 2 rings (SSSR count). The van der Waals surface area contributed by atoms with Gasteiger partial charge in [-0.25, -0.2) is 13.6 Å². The van der Waals surface area contributed by atoms with Crippen molar-refractivity contribution in [3.63, 3.8) is 0 Å². The first kappa shape index (κ1) is 15.4. The third kappa shape index (κ3) is 3.04. The molecule has 1 saturated heterocycles. The number of carboxylic acids is 1. The average molecular weight is 297 g/mol. The highest BCUT2D eigenvalue weighted by molar-refractivity contribution is 5.87. The Labute approximate surface area is 121 Å². The van der Waals surface area contributed by atoms with E-state index >= 15 is 0 Å². The van der Waals surface area contributed by atoms with E-state index in [1.54, 1.807) is 0 Å². The van der Waals surface area contributed by atoms with Crippen molar-refractivity contribution in [3.8, 4) is 0 Å². The fourth-order valence-corrected chi connectivity index (χ4v) is 2.67. The van der Waals surface area contributed by atoms with E-state index < -0.39 is 23.1 Å². The molecule has 114 valence electrons. The molecule has 1 unspecified atom stereocenters. The lowest BCUT2D eigenvalue weighted by atomic mass is 9.98. The van der Waals surface area contributed by atoms with Gasteiger partial charge >= 0.3 is 5.97 Å². The van der Waals surface area contributed by atoms with Crippen LogP contribution in [0.2, 0.25) is 0 Å². The van der Waals surface area contributed by atoms with Crippen molar-refractivity contribution >= 4 is 11.9 Å². The zero-order chi connectivity index (χ0) is 15.6. The van der Waals surface area contributed by atoms with Crippen LogP contribution in [0.5, 0.6) is 0 Å². The number of carboxylic acid groups (broad SMARTS) is 1. The van der Waals surface area contributed by atoms with E-state index in [4.69, 9.17) is 0 Å². The van der Waals surface area contributed by atoms with Crippen molar-refractivity contribution in [1.82, 2.24) is 4.90 Å². The number of amides is 1. The molecular weight excluding hydrogens is 280 g/mol. The van der Waals surface area contributed by atoms with Crippen LogP contribution in [0.4, 0.5) is 8.78 Å². The highest BCUT2D eigenvalue weighted by atomic mass is 19.2. The molecule has 1 atom stereocenters. The first-order valence-electron chi connectivity index (χ1n) is 6.82. The van der Waals surface area contributed by atoms with Gasteiger partial charge in [-0.3, -0.25) is 4.79 Å². The number of carbonyl (C=O) groups is 2. The molecule has 1 aromatic carbocycles. The van der Waals surface area contributed by atoms with Crippen molar-refractivity contribution in [2.24, 2.45) is 0 Å². The Kier molecular flexibility index (Phi) is 4.25. The van der Waals surface area contributed by atoms with Crippen LogP contribution in [-0.2, 0) is 16.0 Å². The van der Waals surface area contributed by atoms with E-state index in [0.29, 0.717) is 24.9 Å². The third-order valence-electron chi connectivity index (χ3n) is 4.01. The predicted molar refractivity (Wildman–Crippen MR) is 71.7 cm³/mol. The number of halogens is 2. The Bertz CT molecular complexity index is 576. The summed E-state index contributed by atoms with van der Waals surface area (Å²) in [7, 11) is 0. The molecule has 1 N–H and O–H groups in total. The fraction of sp³-hybridized carbons (Fsp3) is 0.467. The number of likely N-dealkylation sites (tertiary alicyclic amines) is 1. The second kappa shape index (κ2) is 5.79. The third-order valence-corrected chi connectivity index (χ3v) is 4.01. The molecule has 1 aromatic rings. The van der Waals surface area contributed by atoms with E-state index in [-0.39, 0.29) is 18.7 Å². The molecule has 21 heavy (non-hydrogen) atoms. The Morgan fingerprint density at radius 1 is 1.33 bits per heavy atom. The van der Waals surface area contributed by atoms with E-state index in [2.05, 4.69) is 0 Å². The van der Waals surface area contributed by atoms with Gasteiger partial charge in [0.2, 0.25) is 5.91 Å². The number of rotatable bonds is 4. The Hall–Kier alpha value is -1.98. The van der Waals surface area contributed by atoms with E-state index in [9.17, 15) is 23.5 Å². The highest BCUT2D eigenvalue weighted by Crippen LogP contribution is 2.30. The molecule has 0 aromatic heterocycles. The number of hydrogen-bond donors (Lipinski definition) is 1. The molecule has 0 bridgehead atoms. The summed E-state index contributed by atoms with van der Waals surface area (Å²) < 4.78 is 25.9. The van der Waals surface area contributed by atoms with Crippen LogP contribution in [0.15, 0.2) is 18.2 Å². The average Bonchev–Trinajstić information content (AvgIpc) is 2.83. The summed E-state index contributed by atoms with van der Waals surface area (Å²) >= 11 is 0. The summed E-state index contributed by atoms with van der Waals surface area (Å²) in [6.07, 6.45) is 1.41. The van der Waals surface area contributed by atoms with Gasteiger partial charge < -0.3 is 10.0 Å². The molecule has 6 heteroatoms. The summed E-state index contributed by atoms with van der Waals surface area (Å²) in [5.41, 5.74) is -0.649. The van der Waals surface area contributed by atoms with Gasteiger partial charge in [0.1, 0.15) is 5.54 Å². The Morgan fingerprint density at radius 3 is 2.67 bits per heavy atom. The fourth-order valence-electron chi connectivity index (χ4n) is 2.67. The number of nitrogens with zero attached hydrogens (tertiary/aromatic N) is 1. The summed E-state index contributed by atoms with van der Waals surface area (Å²) in [5, 5.41) is 9.26. The van der Waals surface area contributed by atoms with Crippen LogP contribution in [0.25, 0.3) is 0 Å².